The van der Waals surface area contributed by atoms with Crippen LogP contribution in [0.1, 0.15) is 18.0 Å². The molecule has 170 valence electrons. The SMILES string of the molecule is C=CCOC[C@@H](CSc1ccccc1)NC(=O)N[C@@H](CC(=O)O)c1ccc2c(c1)OCO2. The van der Waals surface area contributed by atoms with Gasteiger partial charge in [0, 0.05) is 10.6 Å². The minimum Gasteiger partial charge on any atom is -0.481 e. The number of rotatable bonds is 12. The molecule has 8 nitrogen and oxygen atoms in total. The molecular weight excluding hydrogens is 432 g/mol. The van der Waals surface area contributed by atoms with Crippen molar-refractivity contribution in [2.45, 2.75) is 23.4 Å². The van der Waals surface area contributed by atoms with Crippen molar-refractivity contribution in [3.63, 3.8) is 0 Å². The molecule has 2 amide bonds. The second kappa shape index (κ2) is 12.0. The zero-order valence-electron chi connectivity index (χ0n) is 17.5. The third-order valence-corrected chi connectivity index (χ3v) is 5.74. The molecule has 0 radical (unpaired) electrons. The number of fused-ring (bicyclic) bond motifs is 1. The van der Waals surface area contributed by atoms with Crippen molar-refractivity contribution in [2.75, 3.05) is 25.8 Å². The average Bonchev–Trinajstić information content (AvgIpc) is 3.25. The summed E-state index contributed by atoms with van der Waals surface area (Å²) in [4.78, 5) is 25.2. The lowest BCUT2D eigenvalue weighted by Gasteiger charge is -2.22. The van der Waals surface area contributed by atoms with Gasteiger partial charge in [-0.1, -0.05) is 30.3 Å². The summed E-state index contributed by atoms with van der Waals surface area (Å²) in [5.41, 5.74) is 0.616. The molecule has 1 aliphatic rings. The number of ether oxygens (including phenoxy) is 3. The largest absolute Gasteiger partial charge is 0.481 e. The number of carboxylic acids is 1. The van der Waals surface area contributed by atoms with E-state index < -0.39 is 18.0 Å². The van der Waals surface area contributed by atoms with Gasteiger partial charge in [-0.15, -0.1) is 18.3 Å². The molecule has 0 saturated carbocycles. The Labute approximate surface area is 190 Å². The Hall–Kier alpha value is -3.17. The molecule has 0 fully saturated rings. The Morgan fingerprint density at radius 1 is 1.16 bits per heavy atom. The first-order valence-electron chi connectivity index (χ1n) is 10.1. The van der Waals surface area contributed by atoms with Crippen molar-refractivity contribution in [3.8, 4) is 11.5 Å². The lowest BCUT2D eigenvalue weighted by Crippen LogP contribution is -2.46. The van der Waals surface area contributed by atoms with Crippen LogP contribution < -0.4 is 20.1 Å². The van der Waals surface area contributed by atoms with E-state index in [9.17, 15) is 14.7 Å². The van der Waals surface area contributed by atoms with Crippen molar-refractivity contribution in [3.05, 3.63) is 66.7 Å². The summed E-state index contributed by atoms with van der Waals surface area (Å²) in [5.74, 6) is 0.667. The van der Waals surface area contributed by atoms with Gasteiger partial charge in [0.05, 0.1) is 31.7 Å². The first-order chi connectivity index (χ1) is 15.5. The van der Waals surface area contributed by atoms with E-state index in [1.807, 2.05) is 30.3 Å². The molecule has 1 aliphatic heterocycles. The third-order valence-electron chi connectivity index (χ3n) is 4.57. The van der Waals surface area contributed by atoms with Crippen molar-refractivity contribution < 1.29 is 28.9 Å². The van der Waals surface area contributed by atoms with Crippen LogP contribution in [0.4, 0.5) is 4.79 Å². The maximum atomic E-state index is 12.7. The number of hydrogen-bond acceptors (Lipinski definition) is 6. The van der Waals surface area contributed by atoms with E-state index in [2.05, 4.69) is 17.2 Å². The van der Waals surface area contributed by atoms with Crippen LogP contribution in [0.2, 0.25) is 0 Å². The van der Waals surface area contributed by atoms with Crippen LogP contribution in [0, 0.1) is 0 Å². The first-order valence-corrected chi connectivity index (χ1v) is 11.1. The highest BCUT2D eigenvalue weighted by molar-refractivity contribution is 7.99. The van der Waals surface area contributed by atoms with Crippen molar-refractivity contribution in [1.29, 1.82) is 0 Å². The van der Waals surface area contributed by atoms with Crippen LogP contribution in [-0.4, -0.2) is 48.9 Å². The highest BCUT2D eigenvalue weighted by Crippen LogP contribution is 2.34. The number of carboxylic acid groups (broad SMARTS) is 1. The summed E-state index contributed by atoms with van der Waals surface area (Å²) < 4.78 is 16.2. The van der Waals surface area contributed by atoms with Gasteiger partial charge in [0.25, 0.3) is 0 Å². The average molecular weight is 459 g/mol. The molecule has 0 bridgehead atoms. The number of benzene rings is 2. The summed E-state index contributed by atoms with van der Waals surface area (Å²) >= 11 is 1.60. The highest BCUT2D eigenvalue weighted by atomic mass is 32.2. The Morgan fingerprint density at radius 2 is 1.94 bits per heavy atom. The molecule has 1 heterocycles. The van der Waals surface area contributed by atoms with Gasteiger partial charge < -0.3 is 30.0 Å². The second-order valence-corrected chi connectivity index (χ2v) is 8.12. The number of carbonyl (C=O) groups excluding carboxylic acids is 1. The lowest BCUT2D eigenvalue weighted by atomic mass is 10.0. The van der Waals surface area contributed by atoms with Crippen LogP contribution in [-0.2, 0) is 9.53 Å². The van der Waals surface area contributed by atoms with Crippen molar-refractivity contribution in [2.24, 2.45) is 0 Å². The number of amides is 2. The fourth-order valence-corrected chi connectivity index (χ4v) is 4.00. The quantitative estimate of drug-likeness (QED) is 0.254. The summed E-state index contributed by atoms with van der Waals surface area (Å²) in [6.45, 7) is 4.41. The van der Waals surface area contributed by atoms with Crippen molar-refractivity contribution >= 4 is 23.8 Å². The van der Waals surface area contributed by atoms with E-state index in [1.165, 1.54) is 0 Å². The molecule has 0 aliphatic carbocycles. The molecule has 3 N–H and O–H groups in total. The highest BCUT2D eigenvalue weighted by Gasteiger charge is 2.23. The Kier molecular flexibility index (Phi) is 8.82. The van der Waals surface area contributed by atoms with E-state index in [1.54, 1.807) is 36.0 Å². The molecule has 0 spiro atoms. The number of nitrogens with one attached hydrogen (secondary N) is 2. The Morgan fingerprint density at radius 3 is 2.69 bits per heavy atom. The monoisotopic (exact) mass is 458 g/mol. The number of aliphatic carboxylic acids is 1. The van der Waals surface area contributed by atoms with Crippen LogP contribution >= 0.6 is 11.8 Å². The van der Waals surface area contributed by atoms with Crippen LogP contribution in [0.5, 0.6) is 11.5 Å². The van der Waals surface area contributed by atoms with E-state index in [4.69, 9.17) is 14.2 Å². The normalized spacial score (nSPS) is 13.8. The molecule has 9 heteroatoms. The zero-order valence-corrected chi connectivity index (χ0v) is 18.3. The fraction of sp³-hybridized carbons (Fsp3) is 0.304. The second-order valence-electron chi connectivity index (χ2n) is 7.03. The molecule has 2 atom stereocenters. The Balaban J connectivity index is 1.64. The van der Waals surface area contributed by atoms with Crippen molar-refractivity contribution in [1.82, 2.24) is 10.6 Å². The first kappa shape index (κ1) is 23.5. The molecule has 0 aromatic heterocycles. The molecule has 3 rings (SSSR count). The third kappa shape index (κ3) is 7.21. The maximum Gasteiger partial charge on any atom is 0.315 e. The molecule has 0 saturated heterocycles. The van der Waals surface area contributed by atoms with Gasteiger partial charge in [-0.25, -0.2) is 4.79 Å². The molecule has 0 unspecified atom stereocenters. The lowest BCUT2D eigenvalue weighted by molar-refractivity contribution is -0.137. The van der Waals surface area contributed by atoms with E-state index in [0.29, 0.717) is 36.0 Å². The van der Waals surface area contributed by atoms with E-state index in [0.717, 1.165) is 4.90 Å². The summed E-state index contributed by atoms with van der Waals surface area (Å²) in [6.07, 6.45) is 1.37. The van der Waals surface area contributed by atoms with E-state index >= 15 is 0 Å². The van der Waals surface area contributed by atoms with E-state index in [-0.39, 0.29) is 19.3 Å². The predicted molar refractivity (Wildman–Crippen MR) is 121 cm³/mol. The fourth-order valence-electron chi connectivity index (χ4n) is 3.08. The van der Waals surface area contributed by atoms with Gasteiger partial charge in [0.1, 0.15) is 0 Å². The van der Waals surface area contributed by atoms with Gasteiger partial charge in [0.15, 0.2) is 11.5 Å². The van der Waals surface area contributed by atoms with Crippen LogP contribution in [0.15, 0.2) is 66.1 Å². The molecular formula is C23H26N2O6S. The smallest absolute Gasteiger partial charge is 0.315 e. The van der Waals surface area contributed by atoms with Gasteiger partial charge in [-0.3, -0.25) is 4.79 Å². The van der Waals surface area contributed by atoms with Gasteiger partial charge in [0.2, 0.25) is 6.79 Å². The van der Waals surface area contributed by atoms with Gasteiger partial charge >= 0.3 is 12.0 Å². The number of thioether (sulfide) groups is 1. The topological polar surface area (TPSA) is 106 Å². The number of carbonyl (C=O) groups is 2. The predicted octanol–water partition coefficient (Wildman–Crippen LogP) is 3.59. The molecule has 32 heavy (non-hydrogen) atoms. The number of urea groups is 1. The zero-order chi connectivity index (χ0) is 22.8. The standard InChI is InChI=1S/C23H26N2O6S/c1-2-10-29-13-17(14-32-18-6-4-3-5-7-18)24-23(28)25-19(12-22(26)27)16-8-9-20-21(11-16)31-15-30-20/h2-9,11,17,19H,1,10,12-15H2,(H,26,27)(H2,24,25,28)/t17-,19-/m0/s1. The maximum absolute atomic E-state index is 12.7. The van der Waals surface area contributed by atoms with Gasteiger partial charge in [-0.2, -0.15) is 0 Å². The van der Waals surface area contributed by atoms with Crippen LogP contribution in [0.25, 0.3) is 0 Å². The summed E-state index contributed by atoms with van der Waals surface area (Å²) in [6, 6.07) is 13.4. The summed E-state index contributed by atoms with van der Waals surface area (Å²) in [5, 5.41) is 15.0. The molecule has 2 aromatic rings. The number of hydrogen-bond donors (Lipinski definition) is 3. The minimum atomic E-state index is -1.03. The summed E-state index contributed by atoms with van der Waals surface area (Å²) in [7, 11) is 0. The minimum absolute atomic E-state index is 0.113. The molecule has 2 aromatic carbocycles. The Bertz CT molecular complexity index is 924. The van der Waals surface area contributed by atoms with Crippen LogP contribution in [0.3, 0.4) is 0 Å². The van der Waals surface area contributed by atoms with Gasteiger partial charge in [-0.05, 0) is 29.8 Å².